The highest BCUT2D eigenvalue weighted by Gasteiger charge is 2.17. The molecule has 0 aliphatic carbocycles. The standard InChI is InChI=1S/C23H26N2O3S/c1-5-16-8-10-17(11-9-16)23-24-15(4)21(29-23)22(26)25-18-12-13-19(27-6-2)20(14-18)28-7-3/h8-14H,5-7H2,1-4H3,(H,25,26). The smallest absolute Gasteiger partial charge is 0.267 e. The minimum atomic E-state index is -0.178. The summed E-state index contributed by atoms with van der Waals surface area (Å²) < 4.78 is 11.2. The Hall–Kier alpha value is -2.86. The van der Waals surface area contributed by atoms with Crippen LogP contribution in [0.25, 0.3) is 10.6 Å². The molecular formula is C23H26N2O3S. The largest absolute Gasteiger partial charge is 0.490 e. The van der Waals surface area contributed by atoms with Crippen molar-refractivity contribution >= 4 is 22.9 Å². The molecular weight excluding hydrogens is 384 g/mol. The Morgan fingerprint density at radius 1 is 1.00 bits per heavy atom. The monoisotopic (exact) mass is 410 g/mol. The number of hydrogen-bond acceptors (Lipinski definition) is 5. The minimum absolute atomic E-state index is 0.178. The number of carbonyl (C=O) groups is 1. The second-order valence-electron chi connectivity index (χ2n) is 6.47. The van der Waals surface area contributed by atoms with Gasteiger partial charge in [0.15, 0.2) is 11.5 Å². The van der Waals surface area contributed by atoms with E-state index < -0.39 is 0 Å². The van der Waals surface area contributed by atoms with Crippen LogP contribution in [-0.4, -0.2) is 24.1 Å². The molecule has 0 unspecified atom stereocenters. The van der Waals surface area contributed by atoms with Crippen molar-refractivity contribution in [1.82, 2.24) is 4.98 Å². The van der Waals surface area contributed by atoms with E-state index in [-0.39, 0.29) is 5.91 Å². The zero-order valence-electron chi connectivity index (χ0n) is 17.2. The van der Waals surface area contributed by atoms with Crippen LogP contribution in [0.2, 0.25) is 0 Å². The van der Waals surface area contributed by atoms with Crippen molar-refractivity contribution in [3.8, 4) is 22.1 Å². The quantitative estimate of drug-likeness (QED) is 0.515. The maximum Gasteiger partial charge on any atom is 0.267 e. The Morgan fingerprint density at radius 2 is 1.69 bits per heavy atom. The molecule has 0 aliphatic rings. The average molecular weight is 411 g/mol. The van der Waals surface area contributed by atoms with E-state index in [0.717, 1.165) is 22.7 Å². The Kier molecular flexibility index (Phi) is 6.88. The Labute approximate surface area is 175 Å². The number of thiazole rings is 1. The van der Waals surface area contributed by atoms with Crippen LogP contribution in [-0.2, 0) is 6.42 Å². The lowest BCUT2D eigenvalue weighted by molar-refractivity contribution is 0.103. The summed E-state index contributed by atoms with van der Waals surface area (Å²) in [7, 11) is 0. The molecule has 3 rings (SSSR count). The molecule has 1 heterocycles. The van der Waals surface area contributed by atoms with Gasteiger partial charge >= 0.3 is 0 Å². The molecule has 0 fully saturated rings. The van der Waals surface area contributed by atoms with Gasteiger partial charge in [0.1, 0.15) is 9.88 Å². The number of amides is 1. The highest BCUT2D eigenvalue weighted by Crippen LogP contribution is 2.32. The van der Waals surface area contributed by atoms with Gasteiger partial charge < -0.3 is 14.8 Å². The first-order valence-electron chi connectivity index (χ1n) is 9.83. The molecule has 0 atom stereocenters. The molecule has 29 heavy (non-hydrogen) atoms. The van der Waals surface area contributed by atoms with E-state index in [0.29, 0.717) is 35.3 Å². The lowest BCUT2D eigenvalue weighted by atomic mass is 10.1. The molecule has 2 aromatic carbocycles. The van der Waals surface area contributed by atoms with E-state index in [2.05, 4.69) is 41.5 Å². The number of benzene rings is 2. The fourth-order valence-electron chi connectivity index (χ4n) is 2.93. The fourth-order valence-corrected chi connectivity index (χ4v) is 3.90. The van der Waals surface area contributed by atoms with Crippen LogP contribution in [0.3, 0.4) is 0 Å². The van der Waals surface area contributed by atoms with Crippen LogP contribution >= 0.6 is 11.3 Å². The van der Waals surface area contributed by atoms with Gasteiger partial charge in [0.05, 0.1) is 18.9 Å². The molecule has 1 N–H and O–H groups in total. The van der Waals surface area contributed by atoms with E-state index >= 15 is 0 Å². The summed E-state index contributed by atoms with van der Waals surface area (Å²) in [5, 5.41) is 3.79. The van der Waals surface area contributed by atoms with Crippen molar-refractivity contribution in [1.29, 1.82) is 0 Å². The van der Waals surface area contributed by atoms with Crippen molar-refractivity contribution in [2.75, 3.05) is 18.5 Å². The van der Waals surface area contributed by atoms with Crippen molar-refractivity contribution < 1.29 is 14.3 Å². The third-order valence-corrected chi connectivity index (χ3v) is 5.62. The Morgan fingerprint density at radius 3 is 2.34 bits per heavy atom. The molecule has 0 saturated heterocycles. The summed E-state index contributed by atoms with van der Waals surface area (Å²) in [6.07, 6.45) is 0.997. The summed E-state index contributed by atoms with van der Waals surface area (Å²) in [4.78, 5) is 18.0. The van der Waals surface area contributed by atoms with Gasteiger partial charge in [-0.2, -0.15) is 0 Å². The maximum absolute atomic E-state index is 12.8. The first kappa shape index (κ1) is 20.9. The first-order chi connectivity index (χ1) is 14.0. The normalized spacial score (nSPS) is 10.6. The van der Waals surface area contributed by atoms with Crippen molar-refractivity contribution in [3.63, 3.8) is 0 Å². The van der Waals surface area contributed by atoms with Crippen LogP contribution < -0.4 is 14.8 Å². The number of aryl methyl sites for hydroxylation is 2. The number of anilines is 1. The van der Waals surface area contributed by atoms with Gasteiger partial charge in [-0.3, -0.25) is 4.79 Å². The van der Waals surface area contributed by atoms with Crippen LogP contribution in [0.1, 0.15) is 41.7 Å². The van der Waals surface area contributed by atoms with E-state index in [1.54, 1.807) is 6.07 Å². The summed E-state index contributed by atoms with van der Waals surface area (Å²) in [6, 6.07) is 13.7. The average Bonchev–Trinajstić information content (AvgIpc) is 3.12. The summed E-state index contributed by atoms with van der Waals surface area (Å²) >= 11 is 1.40. The molecule has 0 saturated carbocycles. The fraction of sp³-hybridized carbons (Fsp3) is 0.304. The maximum atomic E-state index is 12.8. The van der Waals surface area contributed by atoms with Gasteiger partial charge in [0, 0.05) is 17.3 Å². The summed E-state index contributed by atoms with van der Waals surface area (Å²) in [5.74, 6) is 1.10. The van der Waals surface area contributed by atoms with Gasteiger partial charge in [-0.15, -0.1) is 11.3 Å². The number of nitrogens with one attached hydrogen (secondary N) is 1. The highest BCUT2D eigenvalue weighted by molar-refractivity contribution is 7.17. The molecule has 5 nitrogen and oxygen atoms in total. The van der Waals surface area contributed by atoms with Gasteiger partial charge in [0.25, 0.3) is 5.91 Å². The third-order valence-electron chi connectivity index (χ3n) is 4.41. The Bertz CT molecular complexity index is 980. The topological polar surface area (TPSA) is 60.5 Å². The van der Waals surface area contributed by atoms with Crippen LogP contribution in [0.15, 0.2) is 42.5 Å². The molecule has 0 aliphatic heterocycles. The van der Waals surface area contributed by atoms with Crippen LogP contribution in [0.4, 0.5) is 5.69 Å². The second kappa shape index (κ2) is 9.56. The van der Waals surface area contributed by atoms with Gasteiger partial charge in [-0.25, -0.2) is 4.98 Å². The van der Waals surface area contributed by atoms with Crippen LogP contribution in [0.5, 0.6) is 11.5 Å². The SMILES string of the molecule is CCOc1ccc(NC(=O)c2sc(-c3ccc(CC)cc3)nc2C)cc1OCC. The van der Waals surface area contributed by atoms with E-state index in [4.69, 9.17) is 9.47 Å². The highest BCUT2D eigenvalue weighted by atomic mass is 32.1. The first-order valence-corrected chi connectivity index (χ1v) is 10.6. The number of rotatable bonds is 8. The lowest BCUT2D eigenvalue weighted by Crippen LogP contribution is -2.11. The molecule has 0 spiro atoms. The van der Waals surface area contributed by atoms with Gasteiger partial charge in [-0.1, -0.05) is 31.2 Å². The molecule has 3 aromatic rings. The van der Waals surface area contributed by atoms with E-state index in [1.807, 2.05) is 32.9 Å². The molecule has 1 aromatic heterocycles. The minimum Gasteiger partial charge on any atom is -0.490 e. The Balaban J connectivity index is 1.80. The summed E-state index contributed by atoms with van der Waals surface area (Å²) in [5.41, 5.74) is 3.68. The van der Waals surface area contributed by atoms with Crippen molar-refractivity contribution in [3.05, 3.63) is 58.6 Å². The predicted octanol–water partition coefficient (Wildman–Crippen LogP) is 5.73. The molecule has 6 heteroatoms. The van der Waals surface area contributed by atoms with Crippen molar-refractivity contribution in [2.24, 2.45) is 0 Å². The number of nitrogens with zero attached hydrogens (tertiary/aromatic N) is 1. The molecule has 1 amide bonds. The number of carbonyl (C=O) groups excluding carboxylic acids is 1. The zero-order valence-corrected chi connectivity index (χ0v) is 18.1. The molecule has 0 radical (unpaired) electrons. The number of ether oxygens (including phenoxy) is 2. The van der Waals surface area contributed by atoms with Gasteiger partial charge in [-0.05, 0) is 44.9 Å². The lowest BCUT2D eigenvalue weighted by Gasteiger charge is -2.12. The second-order valence-corrected chi connectivity index (χ2v) is 7.46. The molecule has 0 bridgehead atoms. The van der Waals surface area contributed by atoms with E-state index in [9.17, 15) is 4.79 Å². The van der Waals surface area contributed by atoms with Gasteiger partial charge in [0.2, 0.25) is 0 Å². The van der Waals surface area contributed by atoms with Crippen molar-refractivity contribution in [2.45, 2.75) is 34.1 Å². The number of hydrogen-bond donors (Lipinski definition) is 1. The third kappa shape index (κ3) is 4.95. The molecule has 152 valence electrons. The van der Waals surface area contributed by atoms with Crippen LogP contribution in [0, 0.1) is 6.92 Å². The van der Waals surface area contributed by atoms with E-state index in [1.165, 1.54) is 16.9 Å². The zero-order chi connectivity index (χ0) is 20.8. The predicted molar refractivity (Wildman–Crippen MR) is 118 cm³/mol. The summed E-state index contributed by atoms with van der Waals surface area (Å²) in [6.45, 7) is 8.89. The number of aromatic nitrogens is 1.